The molecule has 2 heteroatoms. The molecule has 0 amide bonds. The van der Waals surface area contributed by atoms with Crippen LogP contribution >= 0.6 is 0 Å². The van der Waals surface area contributed by atoms with Gasteiger partial charge in [0.2, 0.25) is 0 Å². The van der Waals surface area contributed by atoms with Gasteiger partial charge in [0.05, 0.1) is 7.11 Å². The van der Waals surface area contributed by atoms with Crippen molar-refractivity contribution in [2.45, 2.75) is 45.2 Å². The molecule has 2 rings (SSSR count). The minimum Gasteiger partial charge on any atom is -0.496 e. The van der Waals surface area contributed by atoms with Gasteiger partial charge in [0.25, 0.3) is 0 Å². The predicted octanol–water partition coefficient (Wildman–Crippen LogP) is 3.04. The van der Waals surface area contributed by atoms with Crippen molar-refractivity contribution in [3.63, 3.8) is 0 Å². The Hall–Kier alpha value is -1.02. The van der Waals surface area contributed by atoms with Crippen LogP contribution in [-0.4, -0.2) is 13.2 Å². The van der Waals surface area contributed by atoms with E-state index in [0.29, 0.717) is 6.04 Å². The van der Waals surface area contributed by atoms with Gasteiger partial charge in [-0.15, -0.1) is 0 Å². The average Bonchev–Trinajstić information content (AvgIpc) is 2.80. The molecule has 1 saturated carbocycles. The number of nitrogens with one attached hydrogen (secondary N) is 1. The summed E-state index contributed by atoms with van der Waals surface area (Å²) in [5.74, 6) is 1.01. The third kappa shape index (κ3) is 2.56. The summed E-state index contributed by atoms with van der Waals surface area (Å²) in [5, 5.41) is 3.63. The minimum absolute atomic E-state index is 0.712. The summed E-state index contributed by atoms with van der Waals surface area (Å²) in [7, 11) is 1.74. The van der Waals surface area contributed by atoms with E-state index in [1.165, 1.54) is 36.8 Å². The monoisotopic (exact) mass is 219 g/mol. The van der Waals surface area contributed by atoms with Gasteiger partial charge < -0.3 is 10.1 Å². The van der Waals surface area contributed by atoms with E-state index >= 15 is 0 Å². The van der Waals surface area contributed by atoms with Crippen LogP contribution in [0.5, 0.6) is 5.75 Å². The largest absolute Gasteiger partial charge is 0.496 e. The number of ether oxygens (including phenoxy) is 1. The maximum Gasteiger partial charge on any atom is 0.123 e. The molecule has 1 aromatic carbocycles. The Morgan fingerprint density at radius 2 is 2.06 bits per heavy atom. The lowest BCUT2D eigenvalue weighted by Crippen LogP contribution is -2.25. The number of methoxy groups -OCH3 is 1. The average molecular weight is 219 g/mol. The van der Waals surface area contributed by atoms with Gasteiger partial charge in [-0.1, -0.05) is 25.0 Å². The summed E-state index contributed by atoms with van der Waals surface area (Å²) in [5.41, 5.74) is 2.61. The predicted molar refractivity (Wildman–Crippen MR) is 66.8 cm³/mol. The Balaban J connectivity index is 2.01. The first-order chi connectivity index (χ1) is 7.81. The highest BCUT2D eigenvalue weighted by Crippen LogP contribution is 2.23. The molecule has 1 aromatic rings. The molecule has 0 aromatic heterocycles. The molecule has 0 spiro atoms. The van der Waals surface area contributed by atoms with Gasteiger partial charge in [0, 0.05) is 18.2 Å². The van der Waals surface area contributed by atoms with Crippen LogP contribution in [-0.2, 0) is 6.54 Å². The van der Waals surface area contributed by atoms with Crippen LogP contribution in [0.15, 0.2) is 18.2 Å². The summed E-state index contributed by atoms with van der Waals surface area (Å²) in [6.07, 6.45) is 5.41. The van der Waals surface area contributed by atoms with Crippen LogP contribution in [0, 0.1) is 6.92 Å². The molecule has 0 radical (unpaired) electrons. The maximum absolute atomic E-state index is 5.40. The Morgan fingerprint density at radius 3 is 2.75 bits per heavy atom. The van der Waals surface area contributed by atoms with Gasteiger partial charge in [-0.25, -0.2) is 0 Å². The van der Waals surface area contributed by atoms with Crippen molar-refractivity contribution >= 4 is 0 Å². The molecule has 88 valence electrons. The van der Waals surface area contributed by atoms with Crippen molar-refractivity contribution in [1.29, 1.82) is 0 Å². The molecular weight excluding hydrogens is 198 g/mol. The molecule has 16 heavy (non-hydrogen) atoms. The fourth-order valence-electron chi connectivity index (χ4n) is 2.47. The summed E-state index contributed by atoms with van der Waals surface area (Å²) in [4.78, 5) is 0. The molecule has 0 unspecified atom stereocenters. The van der Waals surface area contributed by atoms with E-state index in [0.717, 1.165) is 12.3 Å². The van der Waals surface area contributed by atoms with Crippen LogP contribution < -0.4 is 10.1 Å². The van der Waals surface area contributed by atoms with Gasteiger partial charge >= 0.3 is 0 Å². The van der Waals surface area contributed by atoms with Gasteiger partial charge in [0.15, 0.2) is 0 Å². The highest BCUT2D eigenvalue weighted by atomic mass is 16.5. The molecule has 1 N–H and O–H groups in total. The van der Waals surface area contributed by atoms with Crippen molar-refractivity contribution in [1.82, 2.24) is 5.32 Å². The Labute approximate surface area is 98.0 Å². The SMILES string of the molecule is COc1cccc(C)c1CNC1CCCC1. The van der Waals surface area contributed by atoms with Crippen molar-refractivity contribution in [3.8, 4) is 5.75 Å². The van der Waals surface area contributed by atoms with Crippen LogP contribution in [0.1, 0.15) is 36.8 Å². The van der Waals surface area contributed by atoms with Crippen LogP contribution in [0.25, 0.3) is 0 Å². The zero-order valence-corrected chi connectivity index (χ0v) is 10.3. The van der Waals surface area contributed by atoms with E-state index in [9.17, 15) is 0 Å². The van der Waals surface area contributed by atoms with Gasteiger partial charge in [-0.3, -0.25) is 0 Å². The minimum atomic E-state index is 0.712. The summed E-state index contributed by atoms with van der Waals surface area (Å²) >= 11 is 0. The second-order valence-corrected chi connectivity index (χ2v) is 4.62. The highest BCUT2D eigenvalue weighted by molar-refractivity contribution is 5.39. The van der Waals surface area contributed by atoms with Gasteiger partial charge in [-0.2, -0.15) is 0 Å². The van der Waals surface area contributed by atoms with Crippen molar-refractivity contribution in [2.75, 3.05) is 7.11 Å². The molecule has 0 atom stereocenters. The van der Waals surface area contributed by atoms with Crippen molar-refractivity contribution in [3.05, 3.63) is 29.3 Å². The number of hydrogen-bond donors (Lipinski definition) is 1. The second-order valence-electron chi connectivity index (χ2n) is 4.62. The molecule has 1 aliphatic carbocycles. The van der Waals surface area contributed by atoms with E-state index in [1.807, 2.05) is 12.1 Å². The molecule has 0 saturated heterocycles. The summed E-state index contributed by atoms with van der Waals surface area (Å²) in [6.45, 7) is 3.08. The third-order valence-corrected chi connectivity index (χ3v) is 3.51. The molecule has 2 nitrogen and oxygen atoms in total. The Bertz CT molecular complexity index is 343. The normalized spacial score (nSPS) is 16.6. The van der Waals surface area contributed by atoms with Crippen LogP contribution in [0.4, 0.5) is 0 Å². The molecule has 0 aliphatic heterocycles. The Morgan fingerprint density at radius 1 is 1.31 bits per heavy atom. The second kappa shape index (κ2) is 5.35. The van der Waals surface area contributed by atoms with E-state index in [-0.39, 0.29) is 0 Å². The number of benzene rings is 1. The smallest absolute Gasteiger partial charge is 0.123 e. The number of aryl methyl sites for hydroxylation is 1. The van der Waals surface area contributed by atoms with E-state index < -0.39 is 0 Å². The topological polar surface area (TPSA) is 21.3 Å². The molecule has 1 fully saturated rings. The molecule has 0 heterocycles. The van der Waals surface area contributed by atoms with Crippen LogP contribution in [0.3, 0.4) is 0 Å². The lowest BCUT2D eigenvalue weighted by molar-refractivity contribution is 0.404. The quantitative estimate of drug-likeness (QED) is 0.840. The van der Waals surface area contributed by atoms with Crippen molar-refractivity contribution < 1.29 is 4.74 Å². The van der Waals surface area contributed by atoms with Gasteiger partial charge in [-0.05, 0) is 31.4 Å². The first-order valence-electron chi connectivity index (χ1n) is 6.17. The highest BCUT2D eigenvalue weighted by Gasteiger charge is 2.15. The number of rotatable bonds is 4. The van der Waals surface area contributed by atoms with Gasteiger partial charge in [0.1, 0.15) is 5.75 Å². The summed E-state index contributed by atoms with van der Waals surface area (Å²) in [6, 6.07) is 6.95. The zero-order valence-electron chi connectivity index (χ0n) is 10.3. The number of hydrogen-bond acceptors (Lipinski definition) is 2. The molecule has 0 bridgehead atoms. The maximum atomic E-state index is 5.40. The first-order valence-corrected chi connectivity index (χ1v) is 6.17. The van der Waals surface area contributed by atoms with E-state index in [2.05, 4.69) is 18.3 Å². The van der Waals surface area contributed by atoms with E-state index in [4.69, 9.17) is 4.74 Å². The zero-order chi connectivity index (χ0) is 11.4. The van der Waals surface area contributed by atoms with E-state index in [1.54, 1.807) is 7.11 Å². The van der Waals surface area contributed by atoms with Crippen LogP contribution in [0.2, 0.25) is 0 Å². The lowest BCUT2D eigenvalue weighted by atomic mass is 10.1. The Kier molecular flexibility index (Phi) is 3.83. The standard InChI is InChI=1S/C14H21NO/c1-11-6-5-9-14(16-2)13(11)10-15-12-7-3-4-8-12/h5-6,9,12,15H,3-4,7-8,10H2,1-2H3. The van der Waals surface area contributed by atoms with Crippen molar-refractivity contribution in [2.24, 2.45) is 0 Å². The fraction of sp³-hybridized carbons (Fsp3) is 0.571. The molecule has 1 aliphatic rings. The fourth-order valence-corrected chi connectivity index (χ4v) is 2.47. The molecular formula is C14H21NO. The summed E-state index contributed by atoms with van der Waals surface area (Å²) < 4.78 is 5.40. The first kappa shape index (κ1) is 11.5. The third-order valence-electron chi connectivity index (χ3n) is 3.51. The lowest BCUT2D eigenvalue weighted by Gasteiger charge is -2.15.